The number of anilines is 1. The van der Waals surface area contributed by atoms with Crippen molar-refractivity contribution in [3.63, 3.8) is 0 Å². The number of nitrogens with zero attached hydrogens (tertiary/aromatic N) is 2. The Labute approximate surface area is 199 Å². The molecule has 34 heavy (non-hydrogen) atoms. The van der Waals surface area contributed by atoms with Crippen LogP contribution < -0.4 is 5.32 Å². The quantitative estimate of drug-likeness (QED) is 0.671. The zero-order valence-electron chi connectivity index (χ0n) is 19.8. The summed E-state index contributed by atoms with van der Waals surface area (Å²) in [4.78, 5) is 30.7. The third kappa shape index (κ3) is 4.61. The normalized spacial score (nSPS) is 17.8. The lowest BCUT2D eigenvalue weighted by Gasteiger charge is -2.31. The Bertz CT molecular complexity index is 1210. The average Bonchev–Trinajstić information content (AvgIpc) is 3.43. The van der Waals surface area contributed by atoms with E-state index in [9.17, 15) is 22.4 Å². The number of nitrogens with one attached hydrogen (secondary N) is 2. The van der Waals surface area contributed by atoms with Gasteiger partial charge >= 0.3 is 0 Å². The van der Waals surface area contributed by atoms with Crippen LogP contribution in [0.15, 0.2) is 23.1 Å². The van der Waals surface area contributed by atoms with Crippen LogP contribution in [0.25, 0.3) is 0 Å². The summed E-state index contributed by atoms with van der Waals surface area (Å²) >= 11 is 0. The van der Waals surface area contributed by atoms with Gasteiger partial charge in [0, 0.05) is 49.2 Å². The van der Waals surface area contributed by atoms with Gasteiger partial charge in [0.15, 0.2) is 0 Å². The van der Waals surface area contributed by atoms with Crippen molar-refractivity contribution in [1.29, 1.82) is 0 Å². The van der Waals surface area contributed by atoms with Gasteiger partial charge < -0.3 is 15.2 Å². The summed E-state index contributed by atoms with van der Waals surface area (Å²) in [6, 6.07) is 4.17. The zero-order chi connectivity index (χ0) is 24.6. The average molecular weight is 491 g/mol. The SMILES string of the molecule is Cc1cc(F)ccc1NC(=O)C1CCN(S(=O)(=O)c2c(C)[nH]c(C)c2C(=O)N2CCCC2)CC1. The second-order valence-corrected chi connectivity index (χ2v) is 11.1. The summed E-state index contributed by atoms with van der Waals surface area (Å²) in [6.07, 6.45) is 2.57. The first-order chi connectivity index (χ1) is 16.1. The van der Waals surface area contributed by atoms with Crippen LogP contribution in [-0.2, 0) is 14.8 Å². The molecule has 1 aromatic heterocycles. The third-order valence-corrected chi connectivity index (χ3v) is 8.86. The van der Waals surface area contributed by atoms with Gasteiger partial charge in [-0.3, -0.25) is 9.59 Å². The Kier molecular flexibility index (Phi) is 6.82. The van der Waals surface area contributed by atoms with E-state index in [1.807, 2.05) is 0 Å². The molecular weight excluding hydrogens is 459 g/mol. The van der Waals surface area contributed by atoms with Crippen LogP contribution in [-0.4, -0.2) is 60.6 Å². The summed E-state index contributed by atoms with van der Waals surface area (Å²) in [7, 11) is -3.92. The van der Waals surface area contributed by atoms with Crippen molar-refractivity contribution in [2.24, 2.45) is 5.92 Å². The first-order valence-corrected chi connectivity index (χ1v) is 13.1. The van der Waals surface area contributed by atoms with Crippen LogP contribution in [0, 0.1) is 32.5 Å². The standard InChI is InChI=1S/C24H31FN4O4S/c1-15-14-19(25)6-7-20(15)27-23(30)18-8-12-29(13-9-18)34(32,33)22-17(3)26-16(2)21(22)24(31)28-10-4-5-11-28/h6-7,14,18,26H,4-5,8-13H2,1-3H3,(H,27,30). The van der Waals surface area contributed by atoms with E-state index in [4.69, 9.17) is 0 Å². The Balaban J connectivity index is 1.48. The molecule has 4 rings (SSSR count). The lowest BCUT2D eigenvalue weighted by atomic mass is 9.97. The van der Waals surface area contributed by atoms with Crippen molar-refractivity contribution in [2.45, 2.75) is 51.3 Å². The van der Waals surface area contributed by atoms with E-state index in [2.05, 4.69) is 10.3 Å². The minimum atomic E-state index is -3.92. The van der Waals surface area contributed by atoms with Gasteiger partial charge in [-0.25, -0.2) is 12.8 Å². The van der Waals surface area contributed by atoms with E-state index >= 15 is 0 Å². The minimum Gasteiger partial charge on any atom is -0.361 e. The van der Waals surface area contributed by atoms with Gasteiger partial charge in [0.2, 0.25) is 15.9 Å². The molecular formula is C24H31FN4O4S. The Hall–Kier alpha value is -2.72. The van der Waals surface area contributed by atoms with Gasteiger partial charge in [-0.05, 0) is 70.2 Å². The highest BCUT2D eigenvalue weighted by Gasteiger charge is 2.38. The molecule has 2 aromatic rings. The molecule has 0 atom stereocenters. The molecule has 2 fully saturated rings. The number of aromatic amines is 1. The summed E-state index contributed by atoms with van der Waals surface area (Å²) in [5.74, 6) is -1.17. The van der Waals surface area contributed by atoms with Crippen LogP contribution in [0.2, 0.25) is 0 Å². The van der Waals surface area contributed by atoms with Crippen LogP contribution in [0.1, 0.15) is 53.0 Å². The molecule has 8 nitrogen and oxygen atoms in total. The molecule has 0 spiro atoms. The van der Waals surface area contributed by atoms with Crippen molar-refractivity contribution in [3.05, 3.63) is 46.5 Å². The largest absolute Gasteiger partial charge is 0.361 e. The molecule has 0 saturated carbocycles. The molecule has 2 N–H and O–H groups in total. The molecule has 3 heterocycles. The van der Waals surface area contributed by atoms with E-state index in [1.165, 1.54) is 22.5 Å². The molecule has 1 aromatic carbocycles. The molecule has 0 unspecified atom stereocenters. The van der Waals surface area contributed by atoms with Crippen molar-refractivity contribution in [1.82, 2.24) is 14.2 Å². The molecule has 2 aliphatic rings. The third-order valence-electron chi connectivity index (χ3n) is 6.79. The Morgan fingerprint density at radius 2 is 1.68 bits per heavy atom. The summed E-state index contributed by atoms with van der Waals surface area (Å²) in [5, 5.41) is 2.83. The number of aromatic nitrogens is 1. The maximum absolute atomic E-state index is 13.6. The van der Waals surface area contributed by atoms with Gasteiger partial charge in [-0.2, -0.15) is 4.31 Å². The molecule has 10 heteroatoms. The van der Waals surface area contributed by atoms with Crippen molar-refractivity contribution in [3.8, 4) is 0 Å². The number of halogens is 1. The Morgan fingerprint density at radius 3 is 2.29 bits per heavy atom. The van der Waals surface area contributed by atoms with Crippen molar-refractivity contribution < 1.29 is 22.4 Å². The summed E-state index contributed by atoms with van der Waals surface area (Å²) in [5.41, 5.74) is 2.40. The van der Waals surface area contributed by atoms with Gasteiger partial charge in [0.05, 0.1) is 5.56 Å². The summed E-state index contributed by atoms with van der Waals surface area (Å²) in [6.45, 7) is 6.75. The van der Waals surface area contributed by atoms with Gasteiger partial charge in [-0.15, -0.1) is 0 Å². The van der Waals surface area contributed by atoms with E-state index in [0.29, 0.717) is 48.6 Å². The predicted octanol–water partition coefficient (Wildman–Crippen LogP) is 3.35. The number of H-pyrrole nitrogens is 1. The maximum Gasteiger partial charge on any atom is 0.257 e. The van der Waals surface area contributed by atoms with E-state index < -0.39 is 10.0 Å². The molecule has 0 aliphatic carbocycles. The highest BCUT2D eigenvalue weighted by Crippen LogP contribution is 2.32. The lowest BCUT2D eigenvalue weighted by Crippen LogP contribution is -2.42. The minimum absolute atomic E-state index is 0.0479. The van der Waals surface area contributed by atoms with E-state index in [-0.39, 0.29) is 47.1 Å². The zero-order valence-corrected chi connectivity index (χ0v) is 20.6. The Morgan fingerprint density at radius 1 is 1.03 bits per heavy atom. The van der Waals surface area contributed by atoms with Gasteiger partial charge in [0.1, 0.15) is 10.7 Å². The number of carbonyl (C=O) groups excluding carboxylic acids is 2. The first-order valence-electron chi connectivity index (χ1n) is 11.6. The second-order valence-electron chi connectivity index (χ2n) is 9.21. The predicted molar refractivity (Wildman–Crippen MR) is 127 cm³/mol. The number of benzene rings is 1. The number of amides is 2. The van der Waals surface area contributed by atoms with Gasteiger partial charge in [-0.1, -0.05) is 0 Å². The van der Waals surface area contributed by atoms with Crippen LogP contribution >= 0.6 is 0 Å². The fourth-order valence-electron chi connectivity index (χ4n) is 4.91. The molecule has 2 saturated heterocycles. The van der Waals surface area contributed by atoms with Crippen molar-refractivity contribution >= 4 is 27.5 Å². The van der Waals surface area contributed by atoms with Crippen molar-refractivity contribution in [2.75, 3.05) is 31.5 Å². The monoisotopic (exact) mass is 490 g/mol. The number of rotatable bonds is 5. The van der Waals surface area contributed by atoms with Crippen LogP contribution in [0.4, 0.5) is 10.1 Å². The number of aryl methyl sites for hydroxylation is 3. The fourth-order valence-corrected chi connectivity index (χ4v) is 6.79. The molecule has 184 valence electrons. The molecule has 0 bridgehead atoms. The number of piperidine rings is 1. The fraction of sp³-hybridized carbons (Fsp3) is 0.500. The molecule has 0 radical (unpaired) electrons. The van der Waals surface area contributed by atoms with Crippen LogP contribution in [0.3, 0.4) is 0 Å². The highest BCUT2D eigenvalue weighted by molar-refractivity contribution is 7.89. The summed E-state index contributed by atoms with van der Waals surface area (Å²) < 4.78 is 41.9. The lowest BCUT2D eigenvalue weighted by molar-refractivity contribution is -0.120. The van der Waals surface area contributed by atoms with E-state index in [1.54, 1.807) is 25.7 Å². The number of hydrogen-bond donors (Lipinski definition) is 2. The maximum atomic E-state index is 13.6. The highest BCUT2D eigenvalue weighted by atomic mass is 32.2. The number of carbonyl (C=O) groups is 2. The van der Waals surface area contributed by atoms with Gasteiger partial charge in [0.25, 0.3) is 5.91 Å². The first kappa shape index (κ1) is 24.4. The number of sulfonamides is 1. The van der Waals surface area contributed by atoms with Crippen LogP contribution in [0.5, 0.6) is 0 Å². The number of hydrogen-bond acceptors (Lipinski definition) is 4. The second kappa shape index (κ2) is 9.50. The topological polar surface area (TPSA) is 103 Å². The number of likely N-dealkylation sites (tertiary alicyclic amines) is 1. The van der Waals surface area contributed by atoms with E-state index in [0.717, 1.165) is 12.8 Å². The molecule has 2 amide bonds. The smallest absolute Gasteiger partial charge is 0.257 e. The molecule has 2 aliphatic heterocycles.